The second kappa shape index (κ2) is 7.71. The van der Waals surface area contributed by atoms with Crippen molar-refractivity contribution in [2.75, 3.05) is 0 Å². The molecule has 3 heteroatoms. The summed E-state index contributed by atoms with van der Waals surface area (Å²) in [6, 6.07) is 17.6. The predicted octanol–water partition coefficient (Wildman–Crippen LogP) is 8.03. The fourth-order valence-corrected chi connectivity index (χ4v) is 3.65. The van der Waals surface area contributed by atoms with Gasteiger partial charge in [0.2, 0.25) is 0 Å². The Hall–Kier alpha value is -2.94. The lowest BCUT2D eigenvalue weighted by atomic mass is 9.78. The summed E-state index contributed by atoms with van der Waals surface area (Å²) < 4.78 is 0. The molecule has 3 aromatic rings. The normalized spacial score (nSPS) is 12.1. The standard InChI is InChI=1S/C27H31NO2/c1-17-12-22(25(28-30)23(13-17)21-10-8-9-11-24(21)29)18-14-19(26(2,3)4)16-20(15-18)27(5,6)7/h8-16,29H,1-7H3. The summed E-state index contributed by atoms with van der Waals surface area (Å²) >= 11 is 0. The summed E-state index contributed by atoms with van der Waals surface area (Å²) in [4.78, 5) is 12.0. The van der Waals surface area contributed by atoms with Gasteiger partial charge in [0.1, 0.15) is 11.4 Å². The Kier molecular flexibility index (Phi) is 5.60. The van der Waals surface area contributed by atoms with Gasteiger partial charge in [-0.05, 0) is 63.4 Å². The Bertz CT molecular complexity index is 1070. The Morgan fingerprint density at radius 3 is 1.77 bits per heavy atom. The van der Waals surface area contributed by atoms with Crippen molar-refractivity contribution in [3.63, 3.8) is 0 Å². The van der Waals surface area contributed by atoms with Gasteiger partial charge < -0.3 is 5.11 Å². The largest absolute Gasteiger partial charge is 0.507 e. The molecule has 0 aliphatic carbocycles. The average Bonchev–Trinajstić information content (AvgIpc) is 2.66. The molecule has 0 bridgehead atoms. The van der Waals surface area contributed by atoms with Crippen LogP contribution in [0.15, 0.2) is 59.8 Å². The highest BCUT2D eigenvalue weighted by Crippen LogP contribution is 2.44. The van der Waals surface area contributed by atoms with Crippen LogP contribution in [0.4, 0.5) is 5.69 Å². The van der Waals surface area contributed by atoms with E-state index in [1.165, 1.54) is 11.1 Å². The molecule has 0 spiro atoms. The predicted molar refractivity (Wildman–Crippen MR) is 127 cm³/mol. The van der Waals surface area contributed by atoms with E-state index >= 15 is 0 Å². The minimum Gasteiger partial charge on any atom is -0.507 e. The lowest BCUT2D eigenvalue weighted by Crippen LogP contribution is -2.16. The number of phenols is 1. The number of hydrogen-bond donors (Lipinski definition) is 1. The molecule has 30 heavy (non-hydrogen) atoms. The van der Waals surface area contributed by atoms with Crippen LogP contribution in [0.5, 0.6) is 5.75 Å². The monoisotopic (exact) mass is 401 g/mol. The first-order valence-electron chi connectivity index (χ1n) is 10.3. The van der Waals surface area contributed by atoms with Gasteiger partial charge in [0.25, 0.3) is 0 Å². The van der Waals surface area contributed by atoms with Crippen molar-refractivity contribution in [3.05, 3.63) is 76.2 Å². The van der Waals surface area contributed by atoms with Crippen molar-refractivity contribution in [3.8, 4) is 28.0 Å². The first-order chi connectivity index (χ1) is 13.9. The summed E-state index contributed by atoms with van der Waals surface area (Å²) in [6.07, 6.45) is 0. The zero-order chi connectivity index (χ0) is 22.3. The highest BCUT2D eigenvalue weighted by atomic mass is 16.3. The van der Waals surface area contributed by atoms with Crippen molar-refractivity contribution in [1.29, 1.82) is 0 Å². The highest BCUT2D eigenvalue weighted by molar-refractivity contribution is 5.91. The molecular formula is C27H31NO2. The summed E-state index contributed by atoms with van der Waals surface area (Å²) in [6.45, 7) is 15.2. The lowest BCUT2D eigenvalue weighted by molar-refractivity contribution is 0.477. The van der Waals surface area contributed by atoms with Crippen LogP contribution in [0.2, 0.25) is 0 Å². The van der Waals surface area contributed by atoms with Crippen LogP contribution in [-0.2, 0) is 10.8 Å². The maximum Gasteiger partial charge on any atom is 0.123 e. The van der Waals surface area contributed by atoms with Gasteiger partial charge in [-0.25, -0.2) is 0 Å². The number of aryl methyl sites for hydroxylation is 1. The lowest BCUT2D eigenvalue weighted by Gasteiger charge is -2.26. The fraction of sp³-hybridized carbons (Fsp3) is 0.333. The van der Waals surface area contributed by atoms with E-state index in [2.05, 4.69) is 64.9 Å². The molecule has 0 aromatic heterocycles. The molecule has 0 fully saturated rings. The number of phenolic OH excluding ortho intramolecular Hbond substituents is 1. The van der Waals surface area contributed by atoms with Crippen LogP contribution in [0.25, 0.3) is 22.3 Å². The van der Waals surface area contributed by atoms with E-state index in [4.69, 9.17) is 0 Å². The van der Waals surface area contributed by atoms with E-state index in [-0.39, 0.29) is 16.6 Å². The number of aromatic hydroxyl groups is 1. The summed E-state index contributed by atoms with van der Waals surface area (Å²) in [5.74, 6) is 0.137. The number of nitrogens with zero attached hydrogens (tertiary/aromatic N) is 1. The third-order valence-electron chi connectivity index (χ3n) is 5.52. The molecule has 1 N–H and O–H groups in total. The first kappa shape index (κ1) is 21.8. The van der Waals surface area contributed by atoms with E-state index < -0.39 is 0 Å². The molecule has 3 aromatic carbocycles. The molecule has 0 atom stereocenters. The molecular weight excluding hydrogens is 370 g/mol. The van der Waals surface area contributed by atoms with Gasteiger partial charge in [0.15, 0.2) is 0 Å². The van der Waals surface area contributed by atoms with Crippen LogP contribution < -0.4 is 0 Å². The van der Waals surface area contributed by atoms with Gasteiger partial charge in [-0.15, -0.1) is 4.91 Å². The van der Waals surface area contributed by atoms with Crippen molar-refractivity contribution in [2.45, 2.75) is 59.3 Å². The topological polar surface area (TPSA) is 49.7 Å². The number of rotatable bonds is 3. The maximum absolute atomic E-state index is 12.0. The van der Waals surface area contributed by atoms with Gasteiger partial charge in [-0.3, -0.25) is 0 Å². The summed E-state index contributed by atoms with van der Waals surface area (Å²) in [5.41, 5.74) is 6.75. The van der Waals surface area contributed by atoms with Gasteiger partial charge >= 0.3 is 0 Å². The first-order valence-corrected chi connectivity index (χ1v) is 10.3. The van der Waals surface area contributed by atoms with Crippen LogP contribution >= 0.6 is 0 Å². The number of para-hydroxylation sites is 1. The minimum absolute atomic E-state index is 0.0326. The van der Waals surface area contributed by atoms with Crippen LogP contribution in [-0.4, -0.2) is 5.11 Å². The molecule has 0 saturated carbocycles. The Labute approximate surface area is 179 Å². The van der Waals surface area contributed by atoms with Crippen molar-refractivity contribution in [1.82, 2.24) is 0 Å². The van der Waals surface area contributed by atoms with Crippen molar-refractivity contribution in [2.24, 2.45) is 5.18 Å². The molecule has 156 valence electrons. The molecule has 3 nitrogen and oxygen atoms in total. The third kappa shape index (κ3) is 4.30. The Morgan fingerprint density at radius 1 is 0.733 bits per heavy atom. The molecule has 0 amide bonds. The number of nitroso groups, excluding NO2 is 1. The Morgan fingerprint density at radius 2 is 1.27 bits per heavy atom. The molecule has 0 saturated heterocycles. The minimum atomic E-state index is -0.0326. The van der Waals surface area contributed by atoms with Crippen LogP contribution in [0.1, 0.15) is 58.2 Å². The summed E-state index contributed by atoms with van der Waals surface area (Å²) in [5, 5.41) is 13.8. The van der Waals surface area contributed by atoms with Crippen LogP contribution in [0.3, 0.4) is 0 Å². The van der Waals surface area contributed by atoms with Crippen molar-refractivity contribution >= 4 is 5.69 Å². The average molecular weight is 402 g/mol. The second-order valence-electron chi connectivity index (χ2n) is 10.1. The quantitative estimate of drug-likeness (QED) is 0.452. The third-order valence-corrected chi connectivity index (χ3v) is 5.52. The summed E-state index contributed by atoms with van der Waals surface area (Å²) in [7, 11) is 0. The maximum atomic E-state index is 12.0. The van der Waals surface area contributed by atoms with Gasteiger partial charge in [0, 0.05) is 16.7 Å². The highest BCUT2D eigenvalue weighted by Gasteiger charge is 2.23. The zero-order valence-electron chi connectivity index (χ0n) is 19.0. The Balaban J connectivity index is 2.36. The van der Waals surface area contributed by atoms with E-state index in [0.29, 0.717) is 16.8 Å². The SMILES string of the molecule is Cc1cc(-c2cc(C(C)(C)C)cc(C(C)(C)C)c2)c(N=O)c(-c2ccccc2O)c1. The smallest absolute Gasteiger partial charge is 0.123 e. The number of benzene rings is 3. The van der Waals surface area contributed by atoms with E-state index in [1.54, 1.807) is 12.1 Å². The van der Waals surface area contributed by atoms with Gasteiger partial charge in [-0.1, -0.05) is 77.9 Å². The second-order valence-corrected chi connectivity index (χ2v) is 10.1. The van der Waals surface area contributed by atoms with Crippen LogP contribution in [0, 0.1) is 11.8 Å². The van der Waals surface area contributed by atoms with Crippen molar-refractivity contribution < 1.29 is 5.11 Å². The molecule has 0 radical (unpaired) electrons. The van der Waals surface area contributed by atoms with E-state index in [1.807, 2.05) is 31.2 Å². The molecule has 0 heterocycles. The van der Waals surface area contributed by atoms with Gasteiger partial charge in [0.05, 0.1) is 0 Å². The zero-order valence-corrected chi connectivity index (χ0v) is 19.0. The number of hydrogen-bond acceptors (Lipinski definition) is 3. The molecule has 0 aliphatic rings. The molecule has 0 unspecified atom stereocenters. The molecule has 0 aliphatic heterocycles. The molecule has 3 rings (SSSR count). The fourth-order valence-electron chi connectivity index (χ4n) is 3.65. The van der Waals surface area contributed by atoms with E-state index in [0.717, 1.165) is 16.7 Å². The van der Waals surface area contributed by atoms with Gasteiger partial charge in [-0.2, -0.15) is 0 Å². The van der Waals surface area contributed by atoms with E-state index in [9.17, 15) is 10.0 Å².